The van der Waals surface area contributed by atoms with E-state index in [1.54, 1.807) is 26.4 Å². The number of nitrogen functional groups attached to an aromatic ring is 1. The monoisotopic (exact) mass is 374 g/mol. The van der Waals surface area contributed by atoms with Crippen molar-refractivity contribution < 1.29 is 14.3 Å². The summed E-state index contributed by atoms with van der Waals surface area (Å²) in [6.45, 7) is 4.18. The fourth-order valence-corrected chi connectivity index (χ4v) is 2.36. The number of hydrogen-bond acceptors (Lipinski definition) is 8. The molecule has 1 aromatic heterocycles. The van der Waals surface area contributed by atoms with Crippen molar-refractivity contribution >= 4 is 23.2 Å². The zero-order chi connectivity index (χ0) is 19.6. The Kier molecular flexibility index (Phi) is 7.78. The number of carbonyl (C=O) groups excluding carboxylic acids is 1. The van der Waals surface area contributed by atoms with E-state index in [2.05, 4.69) is 20.8 Å². The number of benzene rings is 1. The van der Waals surface area contributed by atoms with Crippen molar-refractivity contribution in [2.45, 2.75) is 6.92 Å². The molecule has 9 heteroatoms. The van der Waals surface area contributed by atoms with Gasteiger partial charge in [-0.25, -0.2) is 9.97 Å². The lowest BCUT2D eigenvalue weighted by atomic mass is 10.1. The number of carbonyl (C=O) groups is 1. The Balaban J connectivity index is 2.09. The Bertz CT molecular complexity index is 730. The molecular weight excluding hydrogens is 348 g/mol. The second-order valence-corrected chi connectivity index (χ2v) is 5.88. The first-order valence-electron chi connectivity index (χ1n) is 8.53. The molecule has 0 aliphatic rings. The average Bonchev–Trinajstić information content (AvgIpc) is 2.68. The zero-order valence-electron chi connectivity index (χ0n) is 15.9. The number of anilines is 3. The summed E-state index contributed by atoms with van der Waals surface area (Å²) in [5.74, 6) is 0.580. The standard InChI is InChI=1S/C18H26N6O3/c1-13-4-6-14(7-5-13)18(25)23-22-16-15(19)17(21-12-20-16)24(8-10-26-2)9-11-27-3/h4-7,12H,8-11,19H2,1-3H3,(H,23,25)(H,20,21,22). The quantitative estimate of drug-likeness (QED) is 0.532. The zero-order valence-corrected chi connectivity index (χ0v) is 15.9. The van der Waals surface area contributed by atoms with E-state index >= 15 is 0 Å². The van der Waals surface area contributed by atoms with E-state index in [0.717, 1.165) is 5.56 Å². The van der Waals surface area contributed by atoms with Gasteiger partial charge in [0.05, 0.1) is 13.2 Å². The van der Waals surface area contributed by atoms with Gasteiger partial charge in [0.1, 0.15) is 12.0 Å². The lowest BCUT2D eigenvalue weighted by Gasteiger charge is -2.25. The molecule has 0 spiro atoms. The molecular formula is C18H26N6O3. The molecule has 0 saturated heterocycles. The number of hydrazine groups is 1. The molecule has 27 heavy (non-hydrogen) atoms. The summed E-state index contributed by atoms with van der Waals surface area (Å²) < 4.78 is 10.3. The molecule has 2 rings (SSSR count). The van der Waals surface area contributed by atoms with Crippen LogP contribution < -0.4 is 21.5 Å². The van der Waals surface area contributed by atoms with Gasteiger partial charge in [0.2, 0.25) is 0 Å². The van der Waals surface area contributed by atoms with E-state index in [4.69, 9.17) is 15.2 Å². The van der Waals surface area contributed by atoms with Crippen molar-refractivity contribution in [2.75, 3.05) is 56.6 Å². The van der Waals surface area contributed by atoms with Crippen LogP contribution in [-0.2, 0) is 9.47 Å². The number of nitrogens with two attached hydrogens (primary N) is 1. The minimum absolute atomic E-state index is 0.287. The molecule has 0 bridgehead atoms. The van der Waals surface area contributed by atoms with E-state index in [-0.39, 0.29) is 5.91 Å². The highest BCUT2D eigenvalue weighted by molar-refractivity contribution is 5.95. The highest BCUT2D eigenvalue weighted by atomic mass is 16.5. The highest BCUT2D eigenvalue weighted by Crippen LogP contribution is 2.25. The fraction of sp³-hybridized carbons (Fsp3) is 0.389. The third-order valence-corrected chi connectivity index (χ3v) is 3.90. The van der Waals surface area contributed by atoms with Gasteiger partial charge in [-0.2, -0.15) is 0 Å². The molecule has 0 unspecified atom stereocenters. The first kappa shape index (κ1) is 20.4. The van der Waals surface area contributed by atoms with Gasteiger partial charge in [-0.1, -0.05) is 17.7 Å². The van der Waals surface area contributed by atoms with Crippen LogP contribution in [-0.4, -0.2) is 56.4 Å². The minimum atomic E-state index is -0.287. The Labute approximate surface area is 158 Å². The number of aromatic nitrogens is 2. The van der Waals surface area contributed by atoms with Gasteiger partial charge in [-0.15, -0.1) is 0 Å². The summed E-state index contributed by atoms with van der Waals surface area (Å²) in [7, 11) is 3.26. The Morgan fingerprint density at radius 1 is 1.11 bits per heavy atom. The molecule has 1 heterocycles. The molecule has 0 fully saturated rings. The third-order valence-electron chi connectivity index (χ3n) is 3.90. The maximum Gasteiger partial charge on any atom is 0.269 e. The van der Waals surface area contributed by atoms with Gasteiger partial charge < -0.3 is 20.1 Å². The van der Waals surface area contributed by atoms with Gasteiger partial charge in [-0.05, 0) is 19.1 Å². The van der Waals surface area contributed by atoms with Gasteiger partial charge in [0, 0.05) is 32.9 Å². The Hall–Kier alpha value is -2.91. The molecule has 0 aliphatic heterocycles. The first-order chi connectivity index (χ1) is 13.1. The van der Waals surface area contributed by atoms with Crippen LogP contribution in [0.5, 0.6) is 0 Å². The topological polar surface area (TPSA) is 115 Å². The molecule has 2 aromatic rings. The van der Waals surface area contributed by atoms with Crippen LogP contribution in [0.15, 0.2) is 30.6 Å². The maximum absolute atomic E-state index is 12.2. The van der Waals surface area contributed by atoms with Crippen LogP contribution in [0.4, 0.5) is 17.3 Å². The molecule has 146 valence electrons. The summed E-state index contributed by atoms with van der Waals surface area (Å²) in [4.78, 5) is 22.6. The minimum Gasteiger partial charge on any atom is -0.393 e. The number of aryl methyl sites for hydroxylation is 1. The van der Waals surface area contributed by atoms with E-state index < -0.39 is 0 Å². The highest BCUT2D eigenvalue weighted by Gasteiger charge is 2.16. The van der Waals surface area contributed by atoms with E-state index in [0.29, 0.717) is 49.2 Å². The first-order valence-corrected chi connectivity index (χ1v) is 8.53. The van der Waals surface area contributed by atoms with Gasteiger partial charge in [0.25, 0.3) is 5.91 Å². The summed E-state index contributed by atoms with van der Waals surface area (Å²) in [5.41, 5.74) is 13.5. The number of rotatable bonds is 10. The van der Waals surface area contributed by atoms with Gasteiger partial charge in [0.15, 0.2) is 11.6 Å². The number of methoxy groups -OCH3 is 2. The summed E-state index contributed by atoms with van der Waals surface area (Å²) in [5, 5.41) is 0. The number of nitrogens with zero attached hydrogens (tertiary/aromatic N) is 3. The van der Waals surface area contributed by atoms with Crippen molar-refractivity contribution in [2.24, 2.45) is 0 Å². The van der Waals surface area contributed by atoms with Crippen LogP contribution in [0.1, 0.15) is 15.9 Å². The molecule has 0 saturated carbocycles. The number of nitrogens with one attached hydrogen (secondary N) is 2. The summed E-state index contributed by atoms with van der Waals surface area (Å²) in [6, 6.07) is 7.24. The van der Waals surface area contributed by atoms with E-state index in [9.17, 15) is 4.79 Å². The molecule has 4 N–H and O–H groups in total. The van der Waals surface area contributed by atoms with Crippen molar-refractivity contribution in [1.82, 2.24) is 15.4 Å². The molecule has 0 radical (unpaired) electrons. The second-order valence-electron chi connectivity index (χ2n) is 5.88. The average molecular weight is 374 g/mol. The third kappa shape index (κ3) is 5.80. The van der Waals surface area contributed by atoms with Crippen LogP contribution in [0, 0.1) is 6.92 Å². The van der Waals surface area contributed by atoms with Gasteiger partial charge in [-0.3, -0.25) is 15.6 Å². The molecule has 0 aliphatic carbocycles. The number of amides is 1. The smallest absolute Gasteiger partial charge is 0.269 e. The SMILES string of the molecule is COCCN(CCOC)c1ncnc(NNC(=O)c2ccc(C)cc2)c1N. The van der Waals surface area contributed by atoms with Crippen molar-refractivity contribution in [3.8, 4) is 0 Å². The van der Waals surface area contributed by atoms with Crippen molar-refractivity contribution in [3.05, 3.63) is 41.7 Å². The molecule has 1 aromatic carbocycles. The molecule has 1 amide bonds. The molecule has 9 nitrogen and oxygen atoms in total. The number of hydrogen-bond donors (Lipinski definition) is 3. The largest absolute Gasteiger partial charge is 0.393 e. The fourth-order valence-electron chi connectivity index (χ4n) is 2.36. The maximum atomic E-state index is 12.2. The van der Waals surface area contributed by atoms with Crippen molar-refractivity contribution in [3.63, 3.8) is 0 Å². The summed E-state index contributed by atoms with van der Waals surface area (Å²) >= 11 is 0. The Morgan fingerprint density at radius 2 is 1.74 bits per heavy atom. The number of ether oxygens (including phenoxy) is 2. The van der Waals surface area contributed by atoms with Crippen LogP contribution in [0.3, 0.4) is 0 Å². The van der Waals surface area contributed by atoms with Crippen LogP contribution in [0.25, 0.3) is 0 Å². The van der Waals surface area contributed by atoms with Gasteiger partial charge >= 0.3 is 0 Å². The van der Waals surface area contributed by atoms with E-state index in [1.165, 1.54) is 6.33 Å². The van der Waals surface area contributed by atoms with Crippen molar-refractivity contribution in [1.29, 1.82) is 0 Å². The summed E-state index contributed by atoms with van der Waals surface area (Å²) in [6.07, 6.45) is 1.39. The Morgan fingerprint density at radius 3 is 2.33 bits per heavy atom. The second kappa shape index (κ2) is 10.3. The molecule has 0 atom stereocenters. The predicted octanol–water partition coefficient (Wildman–Crippen LogP) is 1.22. The lowest BCUT2D eigenvalue weighted by molar-refractivity contribution is 0.0962. The normalized spacial score (nSPS) is 10.5. The predicted molar refractivity (Wildman–Crippen MR) is 105 cm³/mol. The lowest BCUT2D eigenvalue weighted by Crippen LogP contribution is -2.33. The van der Waals surface area contributed by atoms with E-state index in [1.807, 2.05) is 24.0 Å². The van der Waals surface area contributed by atoms with Crippen LogP contribution >= 0.6 is 0 Å². The van der Waals surface area contributed by atoms with Crippen LogP contribution in [0.2, 0.25) is 0 Å².